The molecule has 0 aromatic carbocycles. The number of β-amino-alcohol motifs (C(OH)–C–C–N with tert-alkyl or cyclic N) is 1. The van der Waals surface area contributed by atoms with Crippen molar-refractivity contribution in [1.29, 1.82) is 0 Å². The van der Waals surface area contributed by atoms with Crippen molar-refractivity contribution in [3.63, 3.8) is 0 Å². The molecule has 2 rings (SSSR count). The number of carbonyl (C=O) groups is 1. The Hall–Kier alpha value is -0.610. The Kier molecular flexibility index (Phi) is 6.49. The second-order valence-corrected chi connectivity index (χ2v) is 7.20. The van der Waals surface area contributed by atoms with Crippen molar-refractivity contribution in [1.82, 2.24) is 9.80 Å². The number of hydrogen-bond donors (Lipinski definition) is 1. The molecule has 0 spiro atoms. The van der Waals surface area contributed by atoms with Gasteiger partial charge in [-0.1, -0.05) is 13.8 Å². The molecule has 1 atom stereocenters. The standard InChI is InChI=1S/C17H32N2O2/c1-14(2)6-7-16(20)13-18-11-8-15(9-12-18)19-10-4-3-5-17(19)21/h14-16,20H,3-13H2,1-2H3/t16-/m0/s1. The summed E-state index contributed by atoms with van der Waals surface area (Å²) < 4.78 is 0. The van der Waals surface area contributed by atoms with Crippen molar-refractivity contribution in [2.75, 3.05) is 26.2 Å². The molecule has 0 aliphatic carbocycles. The maximum Gasteiger partial charge on any atom is 0.222 e. The third kappa shape index (κ3) is 5.26. The Morgan fingerprint density at radius 1 is 1.14 bits per heavy atom. The van der Waals surface area contributed by atoms with Crippen LogP contribution in [-0.4, -0.2) is 59.1 Å². The van der Waals surface area contributed by atoms with Gasteiger partial charge in [0.1, 0.15) is 0 Å². The first-order valence-corrected chi connectivity index (χ1v) is 8.76. The summed E-state index contributed by atoms with van der Waals surface area (Å²) in [5.74, 6) is 1.02. The highest BCUT2D eigenvalue weighted by molar-refractivity contribution is 5.77. The molecule has 0 saturated carbocycles. The Morgan fingerprint density at radius 2 is 1.86 bits per heavy atom. The number of nitrogens with zero attached hydrogens (tertiary/aromatic N) is 2. The Balaban J connectivity index is 1.69. The van der Waals surface area contributed by atoms with Crippen molar-refractivity contribution in [3.05, 3.63) is 0 Å². The number of amides is 1. The smallest absolute Gasteiger partial charge is 0.222 e. The minimum Gasteiger partial charge on any atom is -0.392 e. The zero-order valence-electron chi connectivity index (χ0n) is 13.8. The van der Waals surface area contributed by atoms with Crippen LogP contribution in [0.1, 0.15) is 58.8 Å². The third-order valence-electron chi connectivity index (χ3n) is 4.90. The van der Waals surface area contributed by atoms with Gasteiger partial charge < -0.3 is 14.9 Å². The molecular formula is C17H32N2O2. The normalized spacial score (nSPS) is 23.8. The molecular weight excluding hydrogens is 264 g/mol. The van der Waals surface area contributed by atoms with E-state index in [0.29, 0.717) is 17.9 Å². The number of carbonyl (C=O) groups excluding carboxylic acids is 1. The van der Waals surface area contributed by atoms with E-state index in [1.54, 1.807) is 0 Å². The van der Waals surface area contributed by atoms with Gasteiger partial charge in [0.25, 0.3) is 0 Å². The van der Waals surface area contributed by atoms with E-state index in [1.807, 2.05) is 0 Å². The largest absolute Gasteiger partial charge is 0.392 e. The number of hydrogen-bond acceptors (Lipinski definition) is 3. The molecule has 4 heteroatoms. The van der Waals surface area contributed by atoms with Gasteiger partial charge >= 0.3 is 0 Å². The van der Waals surface area contributed by atoms with Gasteiger partial charge in [-0.3, -0.25) is 4.79 Å². The molecule has 0 aromatic rings. The predicted octanol–water partition coefficient (Wildman–Crippen LogP) is 2.26. The average molecular weight is 296 g/mol. The first-order valence-electron chi connectivity index (χ1n) is 8.76. The molecule has 0 bridgehead atoms. The van der Waals surface area contributed by atoms with Crippen LogP contribution in [0.15, 0.2) is 0 Å². The molecule has 2 aliphatic heterocycles. The lowest BCUT2D eigenvalue weighted by atomic mass is 9.98. The lowest BCUT2D eigenvalue weighted by molar-refractivity contribution is -0.136. The number of likely N-dealkylation sites (tertiary alicyclic amines) is 2. The van der Waals surface area contributed by atoms with Crippen LogP contribution in [0.5, 0.6) is 0 Å². The van der Waals surface area contributed by atoms with E-state index in [0.717, 1.165) is 64.7 Å². The van der Waals surface area contributed by atoms with Gasteiger partial charge in [-0.25, -0.2) is 0 Å². The van der Waals surface area contributed by atoms with Crippen molar-refractivity contribution in [3.8, 4) is 0 Å². The van der Waals surface area contributed by atoms with Crippen molar-refractivity contribution in [2.24, 2.45) is 5.92 Å². The predicted molar refractivity (Wildman–Crippen MR) is 85.1 cm³/mol. The number of aliphatic hydroxyl groups excluding tert-OH is 1. The topological polar surface area (TPSA) is 43.8 Å². The van der Waals surface area contributed by atoms with Crippen LogP contribution in [0.3, 0.4) is 0 Å². The Bertz CT molecular complexity index is 325. The van der Waals surface area contributed by atoms with Crippen LogP contribution in [0.25, 0.3) is 0 Å². The van der Waals surface area contributed by atoms with E-state index in [4.69, 9.17) is 0 Å². The van der Waals surface area contributed by atoms with Crippen molar-refractivity contribution >= 4 is 5.91 Å². The average Bonchev–Trinajstić information content (AvgIpc) is 2.47. The molecule has 2 aliphatic rings. The summed E-state index contributed by atoms with van der Waals surface area (Å²) in [6.45, 7) is 8.20. The minimum absolute atomic E-state index is 0.194. The summed E-state index contributed by atoms with van der Waals surface area (Å²) in [4.78, 5) is 16.5. The van der Waals surface area contributed by atoms with Crippen molar-refractivity contribution in [2.45, 2.75) is 70.9 Å². The maximum absolute atomic E-state index is 12.0. The highest BCUT2D eigenvalue weighted by atomic mass is 16.3. The fourth-order valence-corrected chi connectivity index (χ4v) is 3.54. The molecule has 1 N–H and O–H groups in total. The minimum atomic E-state index is -0.194. The van der Waals surface area contributed by atoms with Crippen LogP contribution in [0, 0.1) is 5.92 Å². The van der Waals surface area contributed by atoms with Gasteiger partial charge in [0.05, 0.1) is 6.10 Å². The quantitative estimate of drug-likeness (QED) is 0.817. The summed E-state index contributed by atoms with van der Waals surface area (Å²) in [7, 11) is 0. The van der Waals surface area contributed by atoms with Crippen LogP contribution >= 0.6 is 0 Å². The highest BCUT2D eigenvalue weighted by Gasteiger charge is 2.29. The second kappa shape index (κ2) is 8.14. The molecule has 0 aromatic heterocycles. The molecule has 4 nitrogen and oxygen atoms in total. The zero-order valence-corrected chi connectivity index (χ0v) is 13.8. The molecule has 21 heavy (non-hydrogen) atoms. The summed E-state index contributed by atoms with van der Waals surface area (Å²) in [6, 6.07) is 0.446. The van der Waals surface area contributed by atoms with Gasteiger partial charge in [0.2, 0.25) is 5.91 Å². The van der Waals surface area contributed by atoms with E-state index < -0.39 is 0 Å². The van der Waals surface area contributed by atoms with E-state index in [1.165, 1.54) is 6.42 Å². The zero-order chi connectivity index (χ0) is 15.2. The lowest BCUT2D eigenvalue weighted by Gasteiger charge is -2.40. The summed E-state index contributed by atoms with van der Waals surface area (Å²) >= 11 is 0. The molecule has 2 saturated heterocycles. The van der Waals surface area contributed by atoms with E-state index in [9.17, 15) is 9.90 Å². The fraction of sp³-hybridized carbons (Fsp3) is 0.941. The maximum atomic E-state index is 12.0. The molecule has 0 radical (unpaired) electrons. The van der Waals surface area contributed by atoms with E-state index >= 15 is 0 Å². The van der Waals surface area contributed by atoms with Crippen LogP contribution in [-0.2, 0) is 4.79 Å². The summed E-state index contributed by atoms with van der Waals surface area (Å²) in [6.07, 6.45) is 6.93. The van der Waals surface area contributed by atoms with E-state index in [2.05, 4.69) is 23.6 Å². The van der Waals surface area contributed by atoms with Gasteiger partial charge in [-0.05, 0) is 44.4 Å². The SMILES string of the molecule is CC(C)CC[C@H](O)CN1CCC(N2CCCCC2=O)CC1. The number of aliphatic hydroxyl groups is 1. The molecule has 1 amide bonds. The van der Waals surface area contributed by atoms with Crippen molar-refractivity contribution < 1.29 is 9.90 Å². The van der Waals surface area contributed by atoms with Gasteiger partial charge in [-0.2, -0.15) is 0 Å². The molecule has 0 unspecified atom stereocenters. The second-order valence-electron chi connectivity index (χ2n) is 7.20. The summed E-state index contributed by atoms with van der Waals surface area (Å²) in [5.41, 5.74) is 0. The van der Waals surface area contributed by atoms with Crippen LogP contribution < -0.4 is 0 Å². The first-order chi connectivity index (χ1) is 10.1. The van der Waals surface area contributed by atoms with Crippen LogP contribution in [0.4, 0.5) is 0 Å². The Labute approximate surface area is 129 Å². The van der Waals surface area contributed by atoms with E-state index in [-0.39, 0.29) is 6.10 Å². The number of rotatable bonds is 6. The lowest BCUT2D eigenvalue weighted by Crippen LogP contribution is -2.50. The van der Waals surface area contributed by atoms with Crippen LogP contribution in [0.2, 0.25) is 0 Å². The van der Waals surface area contributed by atoms with Gasteiger partial charge in [-0.15, -0.1) is 0 Å². The van der Waals surface area contributed by atoms with Gasteiger partial charge in [0.15, 0.2) is 0 Å². The molecule has 2 heterocycles. The Morgan fingerprint density at radius 3 is 2.48 bits per heavy atom. The molecule has 122 valence electrons. The first kappa shape index (κ1) is 16.8. The third-order valence-corrected chi connectivity index (χ3v) is 4.90. The van der Waals surface area contributed by atoms with Gasteiger partial charge in [0, 0.05) is 38.6 Å². The summed E-state index contributed by atoms with van der Waals surface area (Å²) in [5, 5.41) is 10.1. The highest BCUT2D eigenvalue weighted by Crippen LogP contribution is 2.22. The molecule has 2 fully saturated rings. The monoisotopic (exact) mass is 296 g/mol. The fourth-order valence-electron chi connectivity index (χ4n) is 3.54. The number of piperidine rings is 2.